The van der Waals surface area contributed by atoms with Crippen molar-refractivity contribution in [3.8, 4) is 5.75 Å². The molecule has 0 bridgehead atoms. The number of benzene rings is 2. The molecule has 0 radical (unpaired) electrons. The number of amides is 1. The maximum Gasteiger partial charge on any atom is 0.276 e. The second kappa shape index (κ2) is 8.06. The second-order valence-corrected chi connectivity index (χ2v) is 7.48. The molecule has 6 nitrogen and oxygen atoms in total. The molecule has 0 saturated carbocycles. The van der Waals surface area contributed by atoms with Crippen LogP contribution in [0.4, 0.5) is 0 Å². The van der Waals surface area contributed by atoms with E-state index in [1.165, 1.54) is 11.8 Å². The van der Waals surface area contributed by atoms with Crippen LogP contribution in [0.5, 0.6) is 5.75 Å². The number of carbonyl (C=O) groups is 1. The van der Waals surface area contributed by atoms with E-state index in [1.54, 1.807) is 5.01 Å². The Hall–Kier alpha value is -2.80. The second-order valence-electron chi connectivity index (χ2n) is 6.39. The zero-order valence-electron chi connectivity index (χ0n) is 15.9. The molecule has 144 valence electrons. The fraction of sp³-hybridized carbons (Fsp3) is 0.286. The summed E-state index contributed by atoms with van der Waals surface area (Å²) >= 11 is 1.54. The molecule has 2 heterocycles. The summed E-state index contributed by atoms with van der Waals surface area (Å²) in [6.45, 7) is 4.61. The summed E-state index contributed by atoms with van der Waals surface area (Å²) in [5, 5.41) is 11.6. The van der Waals surface area contributed by atoms with Gasteiger partial charge in [0.05, 0.1) is 12.0 Å². The van der Waals surface area contributed by atoms with Crippen molar-refractivity contribution in [1.82, 2.24) is 10.3 Å². The lowest BCUT2D eigenvalue weighted by Gasteiger charge is -2.34. The molecule has 2 aliphatic heterocycles. The minimum absolute atomic E-state index is 0.158. The van der Waals surface area contributed by atoms with E-state index in [9.17, 15) is 4.79 Å². The van der Waals surface area contributed by atoms with E-state index in [0.717, 1.165) is 34.1 Å². The van der Waals surface area contributed by atoms with Gasteiger partial charge in [-0.3, -0.25) is 15.1 Å². The molecule has 2 aromatic carbocycles. The molecule has 1 atom stereocenters. The maximum atomic E-state index is 13.0. The van der Waals surface area contributed by atoms with Gasteiger partial charge in [-0.25, -0.2) is 5.01 Å². The van der Waals surface area contributed by atoms with Crippen molar-refractivity contribution >= 4 is 28.5 Å². The van der Waals surface area contributed by atoms with E-state index < -0.39 is 6.17 Å². The van der Waals surface area contributed by atoms with Crippen LogP contribution >= 0.6 is 11.8 Å². The molecule has 4 rings (SSSR count). The van der Waals surface area contributed by atoms with Crippen molar-refractivity contribution in [2.75, 3.05) is 12.4 Å². The first-order valence-corrected chi connectivity index (χ1v) is 10.4. The summed E-state index contributed by atoms with van der Waals surface area (Å²) in [4.78, 5) is 17.9. The Morgan fingerprint density at radius 2 is 1.93 bits per heavy atom. The highest BCUT2D eigenvalue weighted by molar-refractivity contribution is 8.13. The third kappa shape index (κ3) is 3.38. The molecule has 7 heteroatoms. The van der Waals surface area contributed by atoms with E-state index in [1.807, 2.05) is 55.5 Å². The third-order valence-electron chi connectivity index (χ3n) is 4.46. The van der Waals surface area contributed by atoms with Crippen LogP contribution < -0.4 is 20.6 Å². The number of rotatable bonds is 5. The summed E-state index contributed by atoms with van der Waals surface area (Å²) in [6.07, 6.45) is 0.538. The quantitative estimate of drug-likeness (QED) is 0.846. The largest absolute Gasteiger partial charge is 0.493 e. The average molecular weight is 395 g/mol. The monoisotopic (exact) mass is 394 g/mol. The van der Waals surface area contributed by atoms with Crippen LogP contribution in [0.25, 0.3) is 5.70 Å². The molecular weight excluding hydrogens is 372 g/mol. The minimum Gasteiger partial charge on any atom is -0.493 e. The van der Waals surface area contributed by atoms with E-state index in [2.05, 4.69) is 12.2 Å². The Morgan fingerprint density at radius 3 is 2.75 bits per heavy atom. The predicted octanol–water partition coefficient (Wildman–Crippen LogP) is 2.37. The lowest BCUT2D eigenvalue weighted by Crippen LogP contribution is -2.50. The fourth-order valence-corrected chi connectivity index (χ4v) is 3.98. The first-order valence-electron chi connectivity index (χ1n) is 9.43. The molecule has 0 spiro atoms. The molecule has 1 N–H and O–H groups in total. The number of nitrogens with one attached hydrogen (secondary N) is 1. The van der Waals surface area contributed by atoms with Crippen molar-refractivity contribution in [2.45, 2.75) is 26.4 Å². The fourth-order valence-electron chi connectivity index (χ4n) is 3.27. The van der Waals surface area contributed by atoms with E-state index in [4.69, 9.17) is 14.8 Å². The summed E-state index contributed by atoms with van der Waals surface area (Å²) in [6, 6.07) is 15.5. The normalized spacial score (nSPS) is 17.9. The SMILES string of the molecule is CCCSC1=NN2C(=c3ccccc3=N[C@H]2c2ccccc2OCC)C(=O)N1. The van der Waals surface area contributed by atoms with Crippen LogP contribution in [-0.2, 0) is 4.79 Å². The first kappa shape index (κ1) is 18.6. The Balaban J connectivity index is 1.90. The predicted molar refractivity (Wildman–Crippen MR) is 111 cm³/mol. The number of amidine groups is 1. The van der Waals surface area contributed by atoms with Crippen LogP contribution in [0, 0.1) is 0 Å². The lowest BCUT2D eigenvalue weighted by atomic mass is 10.1. The van der Waals surface area contributed by atoms with Gasteiger partial charge in [-0.15, -0.1) is 5.10 Å². The number of hydrogen-bond acceptors (Lipinski definition) is 6. The molecule has 2 aromatic rings. The summed E-state index contributed by atoms with van der Waals surface area (Å²) < 4.78 is 5.83. The van der Waals surface area contributed by atoms with Gasteiger partial charge in [-0.2, -0.15) is 0 Å². The van der Waals surface area contributed by atoms with E-state index in [-0.39, 0.29) is 5.91 Å². The van der Waals surface area contributed by atoms with Crippen LogP contribution in [-0.4, -0.2) is 28.4 Å². The van der Waals surface area contributed by atoms with Crippen molar-refractivity contribution in [2.24, 2.45) is 10.1 Å². The number of thioether (sulfide) groups is 1. The standard InChI is InChI=1S/C21H22N4O2S/c1-3-13-28-21-23-20(26)18-14-9-5-7-11-16(14)22-19(25(18)24-21)15-10-6-8-12-17(15)27-4-2/h5-12,19H,3-4,13H2,1-2H3,(H,23,24,26)/t19-/m1/s1. The van der Waals surface area contributed by atoms with Crippen molar-refractivity contribution in [3.63, 3.8) is 0 Å². The number of fused-ring (bicyclic) bond motifs is 2. The van der Waals surface area contributed by atoms with E-state index >= 15 is 0 Å². The van der Waals surface area contributed by atoms with Gasteiger partial charge in [0.1, 0.15) is 11.4 Å². The van der Waals surface area contributed by atoms with Crippen LogP contribution in [0.2, 0.25) is 0 Å². The van der Waals surface area contributed by atoms with Gasteiger partial charge < -0.3 is 4.74 Å². The maximum absolute atomic E-state index is 13.0. The van der Waals surface area contributed by atoms with Gasteiger partial charge in [-0.1, -0.05) is 55.1 Å². The molecule has 2 aliphatic rings. The van der Waals surface area contributed by atoms with Crippen molar-refractivity contribution < 1.29 is 9.53 Å². The first-order chi connectivity index (χ1) is 13.7. The average Bonchev–Trinajstić information content (AvgIpc) is 2.72. The molecule has 0 aliphatic carbocycles. The van der Waals surface area contributed by atoms with Gasteiger partial charge >= 0.3 is 0 Å². The summed E-state index contributed by atoms with van der Waals surface area (Å²) in [5.41, 5.74) is 1.40. The molecule has 0 saturated heterocycles. The molecule has 28 heavy (non-hydrogen) atoms. The van der Waals surface area contributed by atoms with Crippen LogP contribution in [0.15, 0.2) is 58.6 Å². The van der Waals surface area contributed by atoms with E-state index in [0.29, 0.717) is 17.5 Å². The number of carbonyl (C=O) groups excluding carboxylic acids is 1. The highest BCUT2D eigenvalue weighted by Crippen LogP contribution is 2.35. The molecule has 1 amide bonds. The summed E-state index contributed by atoms with van der Waals surface area (Å²) in [5.74, 6) is 1.48. The minimum atomic E-state index is -0.462. The summed E-state index contributed by atoms with van der Waals surface area (Å²) in [7, 11) is 0. The zero-order valence-corrected chi connectivity index (χ0v) is 16.7. The highest BCUT2D eigenvalue weighted by Gasteiger charge is 2.35. The number of para-hydroxylation sites is 2. The number of hydrogen-bond donors (Lipinski definition) is 1. The Bertz CT molecular complexity index is 1050. The Kier molecular flexibility index (Phi) is 5.34. The van der Waals surface area contributed by atoms with Gasteiger partial charge in [-0.05, 0) is 25.5 Å². The Morgan fingerprint density at radius 1 is 1.14 bits per heavy atom. The number of ether oxygens (including phenoxy) is 1. The van der Waals surface area contributed by atoms with Gasteiger partial charge in [0, 0.05) is 16.5 Å². The molecule has 0 aromatic heterocycles. The number of hydrazone groups is 1. The molecule has 0 unspecified atom stereocenters. The van der Waals surface area contributed by atoms with Crippen molar-refractivity contribution in [3.05, 3.63) is 64.7 Å². The van der Waals surface area contributed by atoms with Crippen molar-refractivity contribution in [1.29, 1.82) is 0 Å². The topological polar surface area (TPSA) is 66.3 Å². The smallest absolute Gasteiger partial charge is 0.276 e. The highest BCUT2D eigenvalue weighted by atomic mass is 32.2. The van der Waals surface area contributed by atoms with Gasteiger partial charge in [0.15, 0.2) is 11.3 Å². The Labute approximate surface area is 168 Å². The third-order valence-corrected chi connectivity index (χ3v) is 5.52. The lowest BCUT2D eigenvalue weighted by molar-refractivity contribution is -0.116. The number of nitrogens with zero attached hydrogens (tertiary/aromatic N) is 3. The van der Waals surface area contributed by atoms with Gasteiger partial charge in [0.2, 0.25) is 0 Å². The molecule has 0 fully saturated rings. The zero-order chi connectivity index (χ0) is 19.5. The molecular formula is C21H22N4O2S. The van der Waals surface area contributed by atoms with Crippen LogP contribution in [0.1, 0.15) is 32.0 Å². The van der Waals surface area contributed by atoms with Crippen LogP contribution in [0.3, 0.4) is 0 Å². The van der Waals surface area contributed by atoms with Gasteiger partial charge in [0.25, 0.3) is 5.91 Å².